The molecule has 0 bridgehead atoms. The summed E-state index contributed by atoms with van der Waals surface area (Å²) in [5, 5.41) is 7.78. The largest absolute Gasteiger partial charge is 0.382 e. The first-order valence-corrected chi connectivity index (χ1v) is 11.6. The summed E-state index contributed by atoms with van der Waals surface area (Å²) < 4.78 is 5.35. The molecule has 0 aromatic carbocycles. The van der Waals surface area contributed by atoms with E-state index in [2.05, 4.69) is 52.7 Å². The van der Waals surface area contributed by atoms with E-state index in [0.717, 1.165) is 19.6 Å². The van der Waals surface area contributed by atoms with Crippen molar-refractivity contribution in [1.82, 2.24) is 5.01 Å². The molecule has 1 fully saturated rings. The molecule has 2 atom stereocenters. The minimum absolute atomic E-state index is 0.402. The molecular weight excluding hydrogens is 276 g/mol. The first-order valence-electron chi connectivity index (χ1n) is 8.48. The van der Waals surface area contributed by atoms with Crippen LogP contribution in [0.5, 0.6) is 0 Å². The summed E-state index contributed by atoms with van der Waals surface area (Å²) in [6.07, 6.45) is 3.51. The Bertz CT molecular complexity index is 360. The molecule has 0 N–H and O–H groups in total. The number of methoxy groups -OCH3 is 1. The second kappa shape index (κ2) is 7.27. The third-order valence-corrected chi connectivity index (χ3v) is 12.2. The molecule has 0 aromatic rings. The maximum absolute atomic E-state index is 5.35. The molecule has 0 saturated carbocycles. The van der Waals surface area contributed by atoms with Gasteiger partial charge in [-0.15, -0.1) is 0 Å². The molecule has 3 nitrogen and oxygen atoms in total. The molecule has 0 unspecified atom stereocenters. The van der Waals surface area contributed by atoms with Gasteiger partial charge in [-0.1, -0.05) is 47.7 Å². The predicted octanol–water partition coefficient (Wildman–Crippen LogP) is 4.76. The lowest BCUT2D eigenvalue weighted by Crippen LogP contribution is -2.44. The fourth-order valence-electron chi connectivity index (χ4n) is 3.01. The lowest BCUT2D eigenvalue weighted by Gasteiger charge is -2.42. The van der Waals surface area contributed by atoms with Crippen molar-refractivity contribution < 1.29 is 4.74 Å². The molecule has 0 amide bonds. The van der Waals surface area contributed by atoms with Gasteiger partial charge in [0.25, 0.3) is 0 Å². The molecule has 4 heteroatoms. The highest BCUT2D eigenvalue weighted by molar-refractivity contribution is 6.84. The molecule has 1 heterocycles. The van der Waals surface area contributed by atoms with E-state index >= 15 is 0 Å². The van der Waals surface area contributed by atoms with Gasteiger partial charge in [-0.2, -0.15) is 5.10 Å². The maximum atomic E-state index is 5.35. The van der Waals surface area contributed by atoms with Crippen LogP contribution < -0.4 is 0 Å². The summed E-state index contributed by atoms with van der Waals surface area (Å²) in [6, 6.07) is 0.475. The van der Waals surface area contributed by atoms with E-state index in [1.165, 1.54) is 18.6 Å². The molecule has 124 valence electrons. The van der Waals surface area contributed by atoms with Crippen molar-refractivity contribution in [2.24, 2.45) is 5.10 Å². The summed E-state index contributed by atoms with van der Waals surface area (Å²) in [5.74, 6) is 0. The zero-order valence-corrected chi connectivity index (χ0v) is 16.5. The predicted molar refractivity (Wildman–Crippen MR) is 96.0 cm³/mol. The van der Waals surface area contributed by atoms with E-state index in [4.69, 9.17) is 9.84 Å². The summed E-state index contributed by atoms with van der Waals surface area (Å²) in [6.45, 7) is 18.8. The van der Waals surface area contributed by atoms with E-state index in [0.29, 0.717) is 16.6 Å². The summed E-state index contributed by atoms with van der Waals surface area (Å²) >= 11 is 0. The van der Waals surface area contributed by atoms with Crippen LogP contribution in [-0.2, 0) is 4.74 Å². The smallest absolute Gasteiger partial charge is 0.0704 e. The quantitative estimate of drug-likeness (QED) is 0.521. The molecule has 1 aliphatic rings. The Hall–Kier alpha value is -0.353. The van der Waals surface area contributed by atoms with Gasteiger partial charge in [0, 0.05) is 19.4 Å². The van der Waals surface area contributed by atoms with Gasteiger partial charge >= 0.3 is 0 Å². The van der Waals surface area contributed by atoms with Crippen molar-refractivity contribution in [2.45, 2.75) is 83.6 Å². The van der Waals surface area contributed by atoms with Gasteiger partial charge in [-0.3, -0.25) is 5.01 Å². The van der Waals surface area contributed by atoms with Crippen molar-refractivity contribution >= 4 is 13.8 Å². The number of hydrogen-bond donors (Lipinski definition) is 0. The summed E-state index contributed by atoms with van der Waals surface area (Å²) in [7, 11) is 0.397. The van der Waals surface area contributed by atoms with Gasteiger partial charge < -0.3 is 4.74 Å². The number of ether oxygens (including phenoxy) is 1. The lowest BCUT2D eigenvalue weighted by atomic mass is 10.2. The standard InChI is InChI=1S/C17H36N2OSi/c1-9-16(14(2)21(7,8)17(3,4)5)18-19-12-10-11-15(19)13-20-6/h14-15H,9-13H2,1-8H3/t14-,15+/m1/s1. The topological polar surface area (TPSA) is 24.8 Å². The third-order valence-electron chi connectivity index (χ3n) is 5.84. The molecule has 0 aromatic heterocycles. The SMILES string of the molecule is CCC(=NN1CCC[C@H]1COC)[C@@H](C)[Si](C)(C)C(C)(C)C. The first kappa shape index (κ1) is 18.7. The Labute approximate surface area is 133 Å². The minimum atomic E-state index is -1.39. The second-order valence-corrected chi connectivity index (χ2v) is 13.9. The normalized spacial score (nSPS) is 22.8. The van der Waals surface area contributed by atoms with Crippen molar-refractivity contribution in [3.8, 4) is 0 Å². The van der Waals surface area contributed by atoms with Crippen LogP contribution in [0.4, 0.5) is 0 Å². The van der Waals surface area contributed by atoms with E-state index in [1.54, 1.807) is 7.11 Å². The van der Waals surface area contributed by atoms with E-state index in [9.17, 15) is 0 Å². The van der Waals surface area contributed by atoms with Crippen molar-refractivity contribution in [1.29, 1.82) is 0 Å². The number of nitrogens with zero attached hydrogens (tertiary/aromatic N) is 2. The Kier molecular flexibility index (Phi) is 6.48. The number of rotatable bonds is 6. The Morgan fingerprint density at radius 2 is 2.00 bits per heavy atom. The fourth-order valence-corrected chi connectivity index (χ4v) is 5.40. The van der Waals surface area contributed by atoms with Gasteiger partial charge in [0.15, 0.2) is 0 Å². The molecular formula is C17H36N2OSi. The second-order valence-electron chi connectivity index (χ2n) is 8.05. The third kappa shape index (κ3) is 4.32. The van der Waals surface area contributed by atoms with Gasteiger partial charge in [0.1, 0.15) is 0 Å². The Balaban J connectivity index is 2.93. The van der Waals surface area contributed by atoms with Crippen LogP contribution >= 0.6 is 0 Å². The monoisotopic (exact) mass is 312 g/mol. The lowest BCUT2D eigenvalue weighted by molar-refractivity contribution is 0.117. The van der Waals surface area contributed by atoms with Crippen LogP contribution in [0, 0.1) is 0 Å². The Morgan fingerprint density at radius 1 is 1.38 bits per heavy atom. The highest BCUT2D eigenvalue weighted by Gasteiger charge is 2.41. The van der Waals surface area contributed by atoms with Crippen LogP contribution in [0.15, 0.2) is 5.10 Å². The number of hydrogen-bond acceptors (Lipinski definition) is 3. The zero-order valence-electron chi connectivity index (χ0n) is 15.5. The molecule has 1 rings (SSSR count). The maximum Gasteiger partial charge on any atom is 0.0704 e. The van der Waals surface area contributed by atoms with Crippen molar-refractivity contribution in [3.63, 3.8) is 0 Å². The van der Waals surface area contributed by atoms with Crippen LogP contribution in [0.2, 0.25) is 23.7 Å². The Morgan fingerprint density at radius 3 is 2.48 bits per heavy atom. The molecule has 0 aliphatic carbocycles. The van der Waals surface area contributed by atoms with E-state index < -0.39 is 8.07 Å². The molecule has 21 heavy (non-hydrogen) atoms. The van der Waals surface area contributed by atoms with Crippen molar-refractivity contribution in [2.75, 3.05) is 20.3 Å². The molecule has 1 saturated heterocycles. The van der Waals surface area contributed by atoms with E-state index in [1.807, 2.05) is 0 Å². The van der Waals surface area contributed by atoms with Gasteiger partial charge in [0.05, 0.1) is 20.7 Å². The first-order chi connectivity index (χ1) is 9.65. The average molecular weight is 313 g/mol. The van der Waals surface area contributed by atoms with Crippen LogP contribution in [0.3, 0.4) is 0 Å². The van der Waals surface area contributed by atoms with Crippen LogP contribution in [0.25, 0.3) is 0 Å². The highest BCUT2D eigenvalue weighted by Crippen LogP contribution is 2.44. The van der Waals surface area contributed by atoms with E-state index in [-0.39, 0.29) is 0 Å². The average Bonchev–Trinajstić information content (AvgIpc) is 2.81. The fraction of sp³-hybridized carbons (Fsp3) is 0.941. The molecule has 0 radical (unpaired) electrons. The molecule has 0 spiro atoms. The minimum Gasteiger partial charge on any atom is -0.382 e. The molecule has 1 aliphatic heterocycles. The van der Waals surface area contributed by atoms with Crippen LogP contribution in [0.1, 0.15) is 53.9 Å². The number of hydrazone groups is 1. The van der Waals surface area contributed by atoms with Gasteiger partial charge in [-0.25, -0.2) is 0 Å². The van der Waals surface area contributed by atoms with Gasteiger partial charge in [-0.05, 0) is 29.8 Å². The summed E-state index contributed by atoms with van der Waals surface area (Å²) in [5.41, 5.74) is 2.01. The summed E-state index contributed by atoms with van der Waals surface area (Å²) in [4.78, 5) is 0. The highest BCUT2D eigenvalue weighted by atomic mass is 28.3. The van der Waals surface area contributed by atoms with Crippen molar-refractivity contribution in [3.05, 3.63) is 0 Å². The zero-order chi connectivity index (χ0) is 16.3. The van der Waals surface area contributed by atoms with Crippen LogP contribution in [-0.4, -0.2) is 45.1 Å². The van der Waals surface area contributed by atoms with Gasteiger partial charge in [0.2, 0.25) is 0 Å².